The number of ketones is 1. The Balaban J connectivity index is 1.88. The van der Waals surface area contributed by atoms with Gasteiger partial charge in [-0.1, -0.05) is 27.2 Å². The Labute approximate surface area is 161 Å². The van der Waals surface area contributed by atoms with Crippen LogP contribution >= 0.6 is 0 Å². The average Bonchev–Trinajstić information content (AvgIpc) is 3.18. The number of fused-ring (bicyclic) bond motifs is 2. The van der Waals surface area contributed by atoms with Gasteiger partial charge in [-0.2, -0.15) is 0 Å². The first kappa shape index (κ1) is 19.0. The fourth-order valence-electron chi connectivity index (χ4n) is 6.89. The largest absolute Gasteiger partial charge is 0.498 e. The third-order valence-corrected chi connectivity index (χ3v) is 8.27. The highest BCUT2D eigenvalue weighted by atomic mass is 16.6. The molecule has 150 valence electrons. The Hall–Kier alpha value is -1.36. The zero-order chi connectivity index (χ0) is 19.7. The van der Waals surface area contributed by atoms with Crippen molar-refractivity contribution in [2.45, 2.75) is 89.9 Å². The second kappa shape index (κ2) is 5.59. The van der Waals surface area contributed by atoms with Crippen LogP contribution in [0.1, 0.15) is 73.1 Å². The number of hydrogen-bond acceptors (Lipinski definition) is 5. The van der Waals surface area contributed by atoms with Gasteiger partial charge in [0.1, 0.15) is 17.8 Å². The minimum absolute atomic E-state index is 0.00454. The van der Waals surface area contributed by atoms with Crippen molar-refractivity contribution in [1.29, 1.82) is 0 Å². The maximum absolute atomic E-state index is 13.5. The highest BCUT2D eigenvalue weighted by molar-refractivity contribution is 5.92. The molecule has 2 aliphatic carbocycles. The molecular weight excluding hydrogens is 344 g/mol. The number of rotatable bonds is 1. The summed E-state index contributed by atoms with van der Waals surface area (Å²) in [4.78, 5) is 25.5. The summed E-state index contributed by atoms with van der Waals surface area (Å²) in [6.45, 7) is 10.4. The van der Waals surface area contributed by atoms with E-state index in [1.54, 1.807) is 13.2 Å². The Bertz CT molecular complexity index is 711. The molecule has 0 aromatic carbocycles. The maximum atomic E-state index is 13.5. The van der Waals surface area contributed by atoms with Gasteiger partial charge in [0.25, 0.3) is 0 Å². The van der Waals surface area contributed by atoms with E-state index in [-0.39, 0.29) is 22.5 Å². The van der Waals surface area contributed by atoms with Gasteiger partial charge in [-0.15, -0.1) is 0 Å². The predicted molar refractivity (Wildman–Crippen MR) is 99.9 cm³/mol. The lowest BCUT2D eigenvalue weighted by atomic mass is 9.43. The van der Waals surface area contributed by atoms with E-state index >= 15 is 0 Å². The van der Waals surface area contributed by atoms with Crippen LogP contribution in [0.25, 0.3) is 0 Å². The second-order valence-corrected chi connectivity index (χ2v) is 10.2. The van der Waals surface area contributed by atoms with Gasteiger partial charge in [-0.25, -0.2) is 0 Å². The summed E-state index contributed by atoms with van der Waals surface area (Å²) in [5.41, 5.74) is -2.81. The molecule has 1 saturated heterocycles. The Morgan fingerprint density at radius 2 is 1.89 bits per heavy atom. The van der Waals surface area contributed by atoms with E-state index in [1.807, 2.05) is 6.08 Å². The number of Topliss-reactive ketones (excluding diaryl/α,β-unsaturated/α-hetero) is 1. The summed E-state index contributed by atoms with van der Waals surface area (Å²) in [6, 6.07) is 0. The van der Waals surface area contributed by atoms with Crippen molar-refractivity contribution >= 4 is 11.8 Å². The van der Waals surface area contributed by atoms with E-state index in [9.17, 15) is 9.59 Å². The summed E-state index contributed by atoms with van der Waals surface area (Å²) in [5, 5.41) is 0. The van der Waals surface area contributed by atoms with Gasteiger partial charge in [-0.05, 0) is 50.0 Å². The SMILES string of the molecule is CC(=O)O[C@@]1(C)C(=O)C[C@H]2C(C)(C)CCC[C@]2(C)[C@@]12CC[C@]1(C=COC1)O2. The van der Waals surface area contributed by atoms with Crippen LogP contribution in [0.15, 0.2) is 12.3 Å². The minimum Gasteiger partial charge on any atom is -0.498 e. The molecule has 4 aliphatic rings. The fourth-order valence-corrected chi connectivity index (χ4v) is 6.89. The molecule has 5 heteroatoms. The van der Waals surface area contributed by atoms with Crippen LogP contribution in [-0.2, 0) is 23.8 Å². The van der Waals surface area contributed by atoms with Gasteiger partial charge in [0.05, 0.1) is 6.26 Å². The number of ether oxygens (including phenoxy) is 3. The van der Waals surface area contributed by atoms with E-state index in [0.29, 0.717) is 19.4 Å². The Morgan fingerprint density at radius 3 is 2.52 bits per heavy atom. The van der Waals surface area contributed by atoms with E-state index in [1.165, 1.54) is 6.92 Å². The molecule has 5 atom stereocenters. The van der Waals surface area contributed by atoms with Gasteiger partial charge >= 0.3 is 5.97 Å². The van der Waals surface area contributed by atoms with Crippen LogP contribution in [0.4, 0.5) is 0 Å². The summed E-state index contributed by atoms with van der Waals surface area (Å²) in [6.07, 6.45) is 8.75. The monoisotopic (exact) mass is 376 g/mol. The maximum Gasteiger partial charge on any atom is 0.303 e. The average molecular weight is 376 g/mol. The topological polar surface area (TPSA) is 61.8 Å². The van der Waals surface area contributed by atoms with Crippen LogP contribution in [-0.4, -0.2) is 35.2 Å². The summed E-state index contributed by atoms with van der Waals surface area (Å²) in [5.74, 6) is -0.225. The number of carbonyl (C=O) groups excluding carboxylic acids is 2. The fraction of sp³-hybridized carbons (Fsp3) is 0.818. The highest BCUT2D eigenvalue weighted by Gasteiger charge is 2.76. The molecule has 0 amide bonds. The first-order valence-corrected chi connectivity index (χ1v) is 10.2. The molecule has 2 spiro atoms. The third kappa shape index (κ3) is 2.33. The lowest BCUT2D eigenvalue weighted by Crippen LogP contribution is -2.74. The molecule has 27 heavy (non-hydrogen) atoms. The van der Waals surface area contributed by atoms with E-state index in [0.717, 1.165) is 25.7 Å². The molecule has 4 rings (SSSR count). The smallest absolute Gasteiger partial charge is 0.303 e. The first-order chi connectivity index (χ1) is 12.5. The van der Waals surface area contributed by atoms with Crippen molar-refractivity contribution in [1.82, 2.24) is 0 Å². The molecule has 0 radical (unpaired) electrons. The van der Waals surface area contributed by atoms with Crippen LogP contribution < -0.4 is 0 Å². The van der Waals surface area contributed by atoms with Crippen LogP contribution in [0, 0.1) is 16.7 Å². The molecule has 0 aromatic heterocycles. The van der Waals surface area contributed by atoms with Crippen molar-refractivity contribution in [3.8, 4) is 0 Å². The van der Waals surface area contributed by atoms with Crippen LogP contribution in [0.2, 0.25) is 0 Å². The van der Waals surface area contributed by atoms with Crippen molar-refractivity contribution in [2.24, 2.45) is 16.7 Å². The van der Waals surface area contributed by atoms with Gasteiger partial charge in [0.15, 0.2) is 11.4 Å². The number of hydrogen-bond donors (Lipinski definition) is 0. The molecule has 0 bridgehead atoms. The molecule has 0 unspecified atom stereocenters. The van der Waals surface area contributed by atoms with Crippen molar-refractivity contribution in [3.05, 3.63) is 12.3 Å². The summed E-state index contributed by atoms with van der Waals surface area (Å²) < 4.78 is 18.2. The van der Waals surface area contributed by atoms with Crippen molar-refractivity contribution in [2.75, 3.05) is 6.61 Å². The van der Waals surface area contributed by atoms with Gasteiger partial charge in [0.2, 0.25) is 0 Å². The number of carbonyl (C=O) groups is 2. The highest BCUT2D eigenvalue weighted by Crippen LogP contribution is 2.68. The van der Waals surface area contributed by atoms with Gasteiger partial charge in [-0.3, -0.25) is 9.59 Å². The van der Waals surface area contributed by atoms with E-state index in [4.69, 9.17) is 14.2 Å². The lowest BCUT2D eigenvalue weighted by molar-refractivity contribution is -0.282. The second-order valence-electron chi connectivity index (χ2n) is 10.2. The number of esters is 1. The minimum atomic E-state index is -1.27. The first-order valence-electron chi connectivity index (χ1n) is 10.2. The molecule has 2 saturated carbocycles. The summed E-state index contributed by atoms with van der Waals surface area (Å²) in [7, 11) is 0. The lowest BCUT2D eigenvalue weighted by Gasteiger charge is -2.65. The van der Waals surface area contributed by atoms with Crippen LogP contribution in [0.5, 0.6) is 0 Å². The molecular formula is C22H32O5. The van der Waals surface area contributed by atoms with Crippen LogP contribution in [0.3, 0.4) is 0 Å². The van der Waals surface area contributed by atoms with Crippen molar-refractivity contribution < 1.29 is 23.8 Å². The zero-order valence-corrected chi connectivity index (χ0v) is 17.2. The molecule has 3 fully saturated rings. The molecule has 0 N–H and O–H groups in total. The van der Waals surface area contributed by atoms with Crippen molar-refractivity contribution in [3.63, 3.8) is 0 Å². The molecule has 5 nitrogen and oxygen atoms in total. The predicted octanol–water partition coefficient (Wildman–Crippen LogP) is 3.95. The Morgan fingerprint density at radius 1 is 1.15 bits per heavy atom. The molecule has 2 aliphatic heterocycles. The molecule has 0 aromatic rings. The normalized spacial score (nSPS) is 47.9. The quantitative estimate of drug-likeness (QED) is 0.649. The standard InChI is InChI=1S/C22H32O5/c1-15(23)26-20(5)17(24)13-16-18(2,3)7-6-8-19(16,4)22(20)10-9-21(27-22)11-12-25-14-21/h11-12,16H,6-10,13-14H2,1-5H3/t16-,19-,20-,21+,22-/m0/s1. The Kier molecular flexibility index (Phi) is 3.93. The summed E-state index contributed by atoms with van der Waals surface area (Å²) >= 11 is 0. The van der Waals surface area contributed by atoms with Gasteiger partial charge in [0, 0.05) is 18.8 Å². The zero-order valence-electron chi connectivity index (χ0n) is 17.2. The van der Waals surface area contributed by atoms with Gasteiger partial charge < -0.3 is 14.2 Å². The van der Waals surface area contributed by atoms with E-state index < -0.39 is 22.8 Å². The molecule has 2 heterocycles. The third-order valence-electron chi connectivity index (χ3n) is 8.27. The van der Waals surface area contributed by atoms with E-state index in [2.05, 4.69) is 20.8 Å².